The average molecular weight is 264 g/mol. The van der Waals surface area contributed by atoms with E-state index in [0.717, 1.165) is 30.6 Å². The number of carbonyl (C=O) groups excluding carboxylic acids is 1. The zero-order valence-corrected chi connectivity index (χ0v) is 12.1. The quantitative estimate of drug-likeness (QED) is 0.731. The molecule has 0 aliphatic heterocycles. The highest BCUT2D eigenvalue weighted by Gasteiger charge is 2.22. The molecule has 0 amide bonds. The molecule has 2 unspecified atom stereocenters. The maximum atomic E-state index is 12.0. The van der Waals surface area contributed by atoms with Gasteiger partial charge in [0.2, 0.25) is 0 Å². The molecule has 1 aromatic rings. The Bertz CT molecular complexity index is 383. The molecule has 2 atom stereocenters. The van der Waals surface area contributed by atoms with Crippen LogP contribution in [-0.2, 0) is 4.79 Å². The molecule has 0 aromatic heterocycles. The Balaban J connectivity index is 2.59. The van der Waals surface area contributed by atoms with Gasteiger partial charge >= 0.3 is 0 Å². The molecule has 0 fully saturated rings. The molecule has 3 heteroatoms. The normalized spacial score (nSPS) is 13.9. The third-order valence-electron chi connectivity index (χ3n) is 3.47. The first-order chi connectivity index (χ1) is 9.10. The van der Waals surface area contributed by atoms with Crippen LogP contribution < -0.4 is 4.74 Å². The summed E-state index contributed by atoms with van der Waals surface area (Å²) in [5.41, 5.74) is 0.761. The highest BCUT2D eigenvalue weighted by molar-refractivity contribution is 5.81. The lowest BCUT2D eigenvalue weighted by molar-refractivity contribution is -0.125. The molecule has 1 N–H and O–H groups in total. The molecule has 0 bridgehead atoms. The summed E-state index contributed by atoms with van der Waals surface area (Å²) in [4.78, 5) is 12.0. The van der Waals surface area contributed by atoms with Crippen LogP contribution in [0, 0.1) is 5.92 Å². The van der Waals surface area contributed by atoms with Gasteiger partial charge in [0.25, 0.3) is 0 Å². The van der Waals surface area contributed by atoms with Gasteiger partial charge in [0.05, 0.1) is 13.2 Å². The lowest BCUT2D eigenvalue weighted by atomic mass is 9.91. The van der Waals surface area contributed by atoms with Gasteiger partial charge in [-0.15, -0.1) is 0 Å². The lowest BCUT2D eigenvalue weighted by Gasteiger charge is -2.18. The van der Waals surface area contributed by atoms with E-state index in [1.54, 1.807) is 38.3 Å². The fourth-order valence-corrected chi connectivity index (χ4v) is 2.04. The van der Waals surface area contributed by atoms with Crippen LogP contribution in [0.25, 0.3) is 0 Å². The van der Waals surface area contributed by atoms with Crippen LogP contribution in [-0.4, -0.2) is 18.0 Å². The van der Waals surface area contributed by atoms with Crippen molar-refractivity contribution >= 4 is 5.78 Å². The Morgan fingerprint density at radius 1 is 1.26 bits per heavy atom. The van der Waals surface area contributed by atoms with Crippen molar-refractivity contribution in [2.24, 2.45) is 5.92 Å². The summed E-state index contributed by atoms with van der Waals surface area (Å²) >= 11 is 0. The Morgan fingerprint density at radius 3 is 2.42 bits per heavy atom. The zero-order valence-electron chi connectivity index (χ0n) is 12.1. The van der Waals surface area contributed by atoms with Crippen molar-refractivity contribution in [3.05, 3.63) is 29.8 Å². The number of ketones is 1. The standard InChI is InChI=1S/C16H24O3/c1-4-5-6-7-15(17)12(2)16(18)13-8-10-14(19-3)11-9-13/h8-12,16,18H,4-7H2,1-3H3. The van der Waals surface area contributed by atoms with Gasteiger partial charge in [-0.2, -0.15) is 0 Å². The fraction of sp³-hybridized carbons (Fsp3) is 0.562. The third kappa shape index (κ3) is 4.67. The van der Waals surface area contributed by atoms with E-state index in [1.165, 1.54) is 0 Å². The molecule has 0 radical (unpaired) electrons. The molecule has 106 valence electrons. The molecule has 0 aliphatic carbocycles. The maximum absolute atomic E-state index is 12.0. The van der Waals surface area contributed by atoms with E-state index >= 15 is 0 Å². The van der Waals surface area contributed by atoms with Crippen molar-refractivity contribution in [1.82, 2.24) is 0 Å². The second-order valence-corrected chi connectivity index (χ2v) is 4.93. The second kappa shape index (κ2) is 7.95. The predicted molar refractivity (Wildman–Crippen MR) is 76.3 cm³/mol. The van der Waals surface area contributed by atoms with E-state index in [4.69, 9.17) is 4.74 Å². The van der Waals surface area contributed by atoms with Crippen LogP contribution >= 0.6 is 0 Å². The molecule has 1 rings (SSSR count). The second-order valence-electron chi connectivity index (χ2n) is 4.93. The smallest absolute Gasteiger partial charge is 0.138 e. The third-order valence-corrected chi connectivity index (χ3v) is 3.47. The number of aliphatic hydroxyl groups excluding tert-OH is 1. The molecule has 19 heavy (non-hydrogen) atoms. The highest BCUT2D eigenvalue weighted by atomic mass is 16.5. The maximum Gasteiger partial charge on any atom is 0.138 e. The number of hydrogen-bond acceptors (Lipinski definition) is 3. The van der Waals surface area contributed by atoms with Crippen molar-refractivity contribution in [2.75, 3.05) is 7.11 Å². The number of unbranched alkanes of at least 4 members (excludes halogenated alkanes) is 2. The van der Waals surface area contributed by atoms with Gasteiger partial charge in [-0.3, -0.25) is 4.79 Å². The molecule has 3 nitrogen and oxygen atoms in total. The van der Waals surface area contributed by atoms with E-state index < -0.39 is 6.10 Å². The summed E-state index contributed by atoms with van der Waals surface area (Å²) < 4.78 is 5.07. The van der Waals surface area contributed by atoms with Crippen molar-refractivity contribution < 1.29 is 14.6 Å². The van der Waals surface area contributed by atoms with Crippen LogP contribution in [0.2, 0.25) is 0 Å². The number of methoxy groups -OCH3 is 1. The largest absolute Gasteiger partial charge is 0.497 e. The Labute approximate surface area is 115 Å². The van der Waals surface area contributed by atoms with Gasteiger partial charge in [-0.05, 0) is 24.1 Å². The van der Waals surface area contributed by atoms with Crippen LogP contribution in [0.15, 0.2) is 24.3 Å². The molecule has 0 aliphatic rings. The van der Waals surface area contributed by atoms with E-state index in [1.807, 2.05) is 0 Å². The van der Waals surface area contributed by atoms with Crippen LogP contribution in [0.4, 0.5) is 0 Å². The summed E-state index contributed by atoms with van der Waals surface area (Å²) in [6.45, 7) is 3.91. The zero-order chi connectivity index (χ0) is 14.3. The molecule has 0 saturated carbocycles. The Hall–Kier alpha value is -1.35. The molecule has 1 aromatic carbocycles. The first-order valence-electron chi connectivity index (χ1n) is 6.94. The SMILES string of the molecule is CCCCCC(=O)C(C)C(O)c1ccc(OC)cc1. The minimum absolute atomic E-state index is 0.136. The molecular weight excluding hydrogens is 240 g/mol. The van der Waals surface area contributed by atoms with E-state index in [-0.39, 0.29) is 11.7 Å². The van der Waals surface area contributed by atoms with Gasteiger partial charge in [-0.25, -0.2) is 0 Å². The number of carbonyl (C=O) groups is 1. The summed E-state index contributed by atoms with van der Waals surface area (Å²) in [5.74, 6) is 0.528. The van der Waals surface area contributed by atoms with E-state index in [9.17, 15) is 9.90 Å². The summed E-state index contributed by atoms with van der Waals surface area (Å²) in [6, 6.07) is 7.21. The minimum atomic E-state index is -0.736. The van der Waals surface area contributed by atoms with Gasteiger partial charge < -0.3 is 9.84 Å². The van der Waals surface area contributed by atoms with Crippen molar-refractivity contribution in [3.63, 3.8) is 0 Å². The van der Waals surface area contributed by atoms with Crippen molar-refractivity contribution in [3.8, 4) is 5.75 Å². The van der Waals surface area contributed by atoms with Crippen LogP contribution in [0.3, 0.4) is 0 Å². The van der Waals surface area contributed by atoms with Crippen LogP contribution in [0.1, 0.15) is 51.2 Å². The predicted octanol–water partition coefficient (Wildman–Crippen LogP) is 3.51. The minimum Gasteiger partial charge on any atom is -0.497 e. The Morgan fingerprint density at radius 2 is 1.89 bits per heavy atom. The van der Waals surface area contributed by atoms with Gasteiger partial charge in [-0.1, -0.05) is 38.8 Å². The summed E-state index contributed by atoms with van der Waals surface area (Å²) in [5, 5.41) is 10.2. The highest BCUT2D eigenvalue weighted by Crippen LogP contribution is 2.25. The number of Topliss-reactive ketones (excluding diaryl/α,β-unsaturated/α-hetero) is 1. The molecule has 0 spiro atoms. The van der Waals surface area contributed by atoms with E-state index in [2.05, 4.69) is 6.92 Å². The van der Waals surface area contributed by atoms with E-state index in [0.29, 0.717) is 6.42 Å². The number of ether oxygens (including phenoxy) is 1. The van der Waals surface area contributed by atoms with Gasteiger partial charge in [0.1, 0.15) is 11.5 Å². The fourth-order valence-electron chi connectivity index (χ4n) is 2.04. The lowest BCUT2D eigenvalue weighted by Crippen LogP contribution is -2.19. The number of hydrogen-bond donors (Lipinski definition) is 1. The number of benzene rings is 1. The molecule has 0 saturated heterocycles. The molecular formula is C16H24O3. The van der Waals surface area contributed by atoms with Crippen molar-refractivity contribution in [2.45, 2.75) is 45.6 Å². The van der Waals surface area contributed by atoms with Gasteiger partial charge in [0, 0.05) is 12.3 Å². The topological polar surface area (TPSA) is 46.5 Å². The van der Waals surface area contributed by atoms with Crippen LogP contribution in [0.5, 0.6) is 5.75 Å². The van der Waals surface area contributed by atoms with Crippen molar-refractivity contribution in [1.29, 1.82) is 0 Å². The first-order valence-corrected chi connectivity index (χ1v) is 6.94. The Kier molecular flexibility index (Phi) is 6.57. The molecule has 0 heterocycles. The summed E-state index contributed by atoms with van der Waals surface area (Å²) in [7, 11) is 1.60. The van der Waals surface area contributed by atoms with Gasteiger partial charge in [0.15, 0.2) is 0 Å². The number of aliphatic hydroxyl groups is 1. The number of rotatable bonds is 8. The summed E-state index contributed by atoms with van der Waals surface area (Å²) in [6.07, 6.45) is 2.90. The first kappa shape index (κ1) is 15.7. The average Bonchev–Trinajstić information content (AvgIpc) is 2.46. The monoisotopic (exact) mass is 264 g/mol.